The molecule has 0 bridgehead atoms. The summed E-state index contributed by atoms with van der Waals surface area (Å²) in [6.07, 6.45) is 6.47. The van der Waals surface area contributed by atoms with E-state index in [2.05, 4.69) is 103 Å². The lowest BCUT2D eigenvalue weighted by Gasteiger charge is -2.40. The zero-order chi connectivity index (χ0) is 22.1. The number of hydrogen-bond acceptors (Lipinski definition) is 3. The largest absolute Gasteiger partial charge is 0.301 e. The van der Waals surface area contributed by atoms with Gasteiger partial charge in [0.15, 0.2) is 0 Å². The van der Waals surface area contributed by atoms with Crippen LogP contribution in [0.25, 0.3) is 6.08 Å². The molecule has 1 heterocycles. The molecule has 1 fully saturated rings. The van der Waals surface area contributed by atoms with Gasteiger partial charge in [0.05, 0.1) is 11.5 Å². The van der Waals surface area contributed by atoms with E-state index in [1.54, 1.807) is 0 Å². The maximum atomic E-state index is 10.1. The van der Waals surface area contributed by atoms with Crippen LogP contribution in [-0.2, 0) is 5.41 Å². The molecular formula is C28H37N3. The molecule has 0 aliphatic carbocycles. The van der Waals surface area contributed by atoms with Crippen LogP contribution >= 0.6 is 0 Å². The molecule has 3 nitrogen and oxygen atoms in total. The Labute approximate surface area is 189 Å². The number of hydrogen-bond donors (Lipinski definition) is 0. The van der Waals surface area contributed by atoms with Gasteiger partial charge < -0.3 is 4.90 Å². The van der Waals surface area contributed by atoms with Crippen molar-refractivity contribution in [2.75, 3.05) is 32.7 Å². The van der Waals surface area contributed by atoms with Crippen molar-refractivity contribution in [2.45, 2.75) is 45.1 Å². The molecule has 1 saturated heterocycles. The Balaban J connectivity index is 1.49. The predicted octanol–water partition coefficient (Wildman–Crippen LogP) is 5.60. The van der Waals surface area contributed by atoms with E-state index >= 15 is 0 Å². The van der Waals surface area contributed by atoms with E-state index in [0.29, 0.717) is 12.0 Å². The van der Waals surface area contributed by atoms with E-state index in [0.717, 1.165) is 51.1 Å². The monoisotopic (exact) mass is 415 g/mol. The van der Waals surface area contributed by atoms with E-state index in [-0.39, 0.29) is 0 Å². The van der Waals surface area contributed by atoms with Gasteiger partial charge >= 0.3 is 0 Å². The smallest absolute Gasteiger partial charge is 0.0845 e. The Morgan fingerprint density at radius 2 is 1.74 bits per heavy atom. The second kappa shape index (κ2) is 11.3. The molecule has 0 aromatic heterocycles. The van der Waals surface area contributed by atoms with Gasteiger partial charge in [-0.2, -0.15) is 5.26 Å². The van der Waals surface area contributed by atoms with E-state index in [9.17, 15) is 5.26 Å². The lowest BCUT2D eigenvalue weighted by molar-refractivity contribution is 0.0906. The highest BCUT2D eigenvalue weighted by atomic mass is 15.3. The molecule has 0 radical (unpaired) electrons. The van der Waals surface area contributed by atoms with Crippen LogP contribution in [0.5, 0.6) is 0 Å². The van der Waals surface area contributed by atoms with Crippen molar-refractivity contribution in [1.82, 2.24) is 9.80 Å². The minimum Gasteiger partial charge on any atom is -0.301 e. The second-order valence-electron chi connectivity index (χ2n) is 9.17. The zero-order valence-corrected chi connectivity index (χ0v) is 19.4. The molecule has 0 amide bonds. The fraction of sp³-hybridized carbons (Fsp3) is 0.464. The quantitative estimate of drug-likeness (QED) is 0.534. The molecule has 3 heteroatoms. The first-order valence-corrected chi connectivity index (χ1v) is 11.7. The molecule has 164 valence electrons. The van der Waals surface area contributed by atoms with Crippen LogP contribution in [-0.4, -0.2) is 48.6 Å². The van der Waals surface area contributed by atoms with Gasteiger partial charge in [-0.1, -0.05) is 86.7 Å². The van der Waals surface area contributed by atoms with Gasteiger partial charge in [-0.05, 0) is 43.4 Å². The van der Waals surface area contributed by atoms with Gasteiger partial charge in [0.2, 0.25) is 0 Å². The Bertz CT molecular complexity index is 853. The summed E-state index contributed by atoms with van der Waals surface area (Å²) < 4.78 is 0. The van der Waals surface area contributed by atoms with Crippen molar-refractivity contribution in [3.8, 4) is 6.07 Å². The molecule has 1 aliphatic heterocycles. The van der Waals surface area contributed by atoms with Gasteiger partial charge in [0.1, 0.15) is 0 Å². The minimum atomic E-state index is -0.392. The topological polar surface area (TPSA) is 30.3 Å². The summed E-state index contributed by atoms with van der Waals surface area (Å²) in [6.45, 7) is 12.1. The van der Waals surface area contributed by atoms with Crippen molar-refractivity contribution in [1.29, 1.82) is 5.26 Å². The predicted molar refractivity (Wildman–Crippen MR) is 131 cm³/mol. The van der Waals surface area contributed by atoms with Crippen LogP contribution in [0.2, 0.25) is 0 Å². The average molecular weight is 416 g/mol. The normalized spacial score (nSPS) is 20.0. The summed E-state index contributed by atoms with van der Waals surface area (Å²) in [5.74, 6) is 0.298. The lowest BCUT2D eigenvalue weighted by atomic mass is 9.70. The molecule has 2 unspecified atom stereocenters. The Morgan fingerprint density at radius 3 is 2.35 bits per heavy atom. The van der Waals surface area contributed by atoms with Crippen LogP contribution in [0.15, 0.2) is 66.7 Å². The lowest BCUT2D eigenvalue weighted by Crippen LogP contribution is -2.52. The fourth-order valence-electron chi connectivity index (χ4n) is 4.77. The molecular weight excluding hydrogens is 378 g/mol. The molecule has 2 aromatic carbocycles. The van der Waals surface area contributed by atoms with E-state index in [1.165, 1.54) is 5.56 Å². The van der Waals surface area contributed by atoms with E-state index in [4.69, 9.17) is 0 Å². The van der Waals surface area contributed by atoms with Gasteiger partial charge in [-0.3, -0.25) is 4.90 Å². The Kier molecular flexibility index (Phi) is 8.46. The van der Waals surface area contributed by atoms with Gasteiger partial charge in [0.25, 0.3) is 0 Å². The zero-order valence-electron chi connectivity index (χ0n) is 19.4. The molecule has 0 saturated carbocycles. The first kappa shape index (κ1) is 23.3. The van der Waals surface area contributed by atoms with Crippen LogP contribution in [0, 0.1) is 17.2 Å². The molecule has 0 N–H and O–H groups in total. The molecule has 2 atom stereocenters. The number of nitrogens with zero attached hydrogens (tertiary/aromatic N) is 3. The number of piperazine rings is 1. The summed E-state index contributed by atoms with van der Waals surface area (Å²) in [7, 11) is 0. The van der Waals surface area contributed by atoms with Crippen molar-refractivity contribution >= 4 is 6.08 Å². The molecule has 1 aliphatic rings. The summed E-state index contributed by atoms with van der Waals surface area (Å²) in [6, 6.07) is 24.1. The standard InChI is InChI=1S/C28H37N3/c1-24(2)28(23-29,27-15-8-5-9-16-27)17-11-18-30-20-21-31(25(3)22-30)19-10-14-26-12-6-4-7-13-26/h4-10,12-16,24-25H,11,17-22H2,1-3H3/b14-10+. The van der Waals surface area contributed by atoms with Crippen LogP contribution < -0.4 is 0 Å². The maximum Gasteiger partial charge on any atom is 0.0845 e. The molecule has 0 spiro atoms. The first-order chi connectivity index (χ1) is 15.0. The third kappa shape index (κ3) is 6.06. The van der Waals surface area contributed by atoms with Crippen LogP contribution in [0.3, 0.4) is 0 Å². The number of rotatable bonds is 9. The number of benzene rings is 2. The van der Waals surface area contributed by atoms with Crippen LogP contribution in [0.1, 0.15) is 44.7 Å². The maximum absolute atomic E-state index is 10.1. The average Bonchev–Trinajstić information content (AvgIpc) is 2.79. The third-order valence-electron chi connectivity index (χ3n) is 6.82. The van der Waals surface area contributed by atoms with Crippen molar-refractivity contribution in [3.63, 3.8) is 0 Å². The summed E-state index contributed by atoms with van der Waals surface area (Å²) in [4.78, 5) is 5.14. The van der Waals surface area contributed by atoms with Crippen LogP contribution in [0.4, 0.5) is 0 Å². The Morgan fingerprint density at radius 1 is 1.06 bits per heavy atom. The molecule has 2 aromatic rings. The highest BCUT2D eigenvalue weighted by molar-refractivity contribution is 5.48. The van der Waals surface area contributed by atoms with E-state index < -0.39 is 5.41 Å². The van der Waals surface area contributed by atoms with E-state index in [1.807, 2.05) is 6.07 Å². The third-order valence-corrected chi connectivity index (χ3v) is 6.82. The number of nitriles is 1. The van der Waals surface area contributed by atoms with Crippen molar-refractivity contribution in [3.05, 3.63) is 77.9 Å². The molecule has 3 rings (SSSR count). The SMILES string of the molecule is CC1CN(CCCC(C#N)(c2ccccc2)C(C)C)CCN1C/C=C/c1ccccc1. The first-order valence-electron chi connectivity index (χ1n) is 11.7. The van der Waals surface area contributed by atoms with Crippen molar-refractivity contribution in [2.24, 2.45) is 5.92 Å². The van der Waals surface area contributed by atoms with Gasteiger partial charge in [0, 0.05) is 32.2 Å². The van der Waals surface area contributed by atoms with Crippen molar-refractivity contribution < 1.29 is 0 Å². The second-order valence-corrected chi connectivity index (χ2v) is 9.17. The highest BCUT2D eigenvalue weighted by Gasteiger charge is 2.35. The van der Waals surface area contributed by atoms with Gasteiger partial charge in [-0.15, -0.1) is 0 Å². The summed E-state index contributed by atoms with van der Waals surface area (Å²) in [5.41, 5.74) is 2.03. The highest BCUT2D eigenvalue weighted by Crippen LogP contribution is 2.36. The summed E-state index contributed by atoms with van der Waals surface area (Å²) >= 11 is 0. The minimum absolute atomic E-state index is 0.298. The Hall–Kier alpha value is -2.41. The summed E-state index contributed by atoms with van der Waals surface area (Å²) in [5, 5.41) is 10.1. The molecule has 31 heavy (non-hydrogen) atoms. The van der Waals surface area contributed by atoms with Gasteiger partial charge in [-0.25, -0.2) is 0 Å². The fourth-order valence-corrected chi connectivity index (χ4v) is 4.77.